The molecule has 2 fully saturated rings. The molecule has 0 aromatic heterocycles. The molecule has 1 atom stereocenters. The van der Waals surface area contributed by atoms with Crippen molar-refractivity contribution in [2.75, 3.05) is 32.7 Å². The van der Waals surface area contributed by atoms with Crippen molar-refractivity contribution < 1.29 is 4.79 Å². The molecule has 1 saturated heterocycles. The highest BCUT2D eigenvalue weighted by Gasteiger charge is 2.32. The Balaban J connectivity index is 2.00. The summed E-state index contributed by atoms with van der Waals surface area (Å²) in [6.45, 7) is 11.3. The zero-order valence-corrected chi connectivity index (χ0v) is 13.4. The lowest BCUT2D eigenvalue weighted by molar-refractivity contribution is -0.138. The van der Waals surface area contributed by atoms with E-state index in [2.05, 4.69) is 31.0 Å². The lowest BCUT2D eigenvalue weighted by Crippen LogP contribution is -2.55. The molecular formula is C16H31N3O. The minimum atomic E-state index is 0.0404. The zero-order chi connectivity index (χ0) is 14.5. The van der Waals surface area contributed by atoms with Crippen molar-refractivity contribution in [2.45, 2.75) is 58.5 Å². The van der Waals surface area contributed by atoms with Crippen molar-refractivity contribution in [2.24, 2.45) is 5.92 Å². The fourth-order valence-corrected chi connectivity index (χ4v) is 3.57. The second-order valence-corrected chi connectivity index (χ2v) is 6.78. The smallest absolute Gasteiger partial charge is 0.239 e. The third kappa shape index (κ3) is 3.95. The second kappa shape index (κ2) is 7.41. The first-order chi connectivity index (χ1) is 9.59. The van der Waals surface area contributed by atoms with Crippen LogP contribution in [0.5, 0.6) is 0 Å². The molecule has 20 heavy (non-hydrogen) atoms. The van der Waals surface area contributed by atoms with E-state index in [0.717, 1.165) is 32.7 Å². The highest BCUT2D eigenvalue weighted by molar-refractivity contribution is 5.81. The van der Waals surface area contributed by atoms with Gasteiger partial charge in [-0.1, -0.05) is 26.7 Å². The Morgan fingerprint density at radius 1 is 1.20 bits per heavy atom. The molecule has 1 aliphatic heterocycles. The van der Waals surface area contributed by atoms with Crippen LogP contribution in [0.15, 0.2) is 0 Å². The fraction of sp³-hybridized carbons (Fsp3) is 0.938. The first kappa shape index (κ1) is 15.8. The maximum atomic E-state index is 12.7. The van der Waals surface area contributed by atoms with Crippen molar-refractivity contribution >= 4 is 5.91 Å². The summed E-state index contributed by atoms with van der Waals surface area (Å²) in [4.78, 5) is 17.3. The van der Waals surface area contributed by atoms with Crippen molar-refractivity contribution in [1.29, 1.82) is 0 Å². The van der Waals surface area contributed by atoms with E-state index in [1.54, 1.807) is 0 Å². The number of carbonyl (C=O) groups is 1. The molecule has 0 radical (unpaired) electrons. The molecule has 4 heteroatoms. The van der Waals surface area contributed by atoms with E-state index in [1.165, 1.54) is 25.7 Å². The van der Waals surface area contributed by atoms with Gasteiger partial charge in [0.2, 0.25) is 5.91 Å². The number of hydrogen-bond acceptors (Lipinski definition) is 3. The molecule has 2 aliphatic rings. The number of amides is 1. The topological polar surface area (TPSA) is 35.6 Å². The monoisotopic (exact) mass is 281 g/mol. The van der Waals surface area contributed by atoms with Crippen LogP contribution in [0.25, 0.3) is 0 Å². The van der Waals surface area contributed by atoms with E-state index in [1.807, 2.05) is 4.90 Å². The SMILES string of the molecule is CC(C)CN(C1CCCC1)C(C)C(=O)N1CCNCC1. The second-order valence-electron chi connectivity index (χ2n) is 6.78. The van der Waals surface area contributed by atoms with Crippen LogP contribution in [-0.2, 0) is 4.79 Å². The molecular weight excluding hydrogens is 250 g/mol. The van der Waals surface area contributed by atoms with E-state index < -0.39 is 0 Å². The van der Waals surface area contributed by atoms with Gasteiger partial charge in [0, 0.05) is 38.8 Å². The number of nitrogens with zero attached hydrogens (tertiary/aromatic N) is 2. The molecule has 116 valence electrons. The van der Waals surface area contributed by atoms with Gasteiger partial charge in [-0.3, -0.25) is 9.69 Å². The molecule has 2 rings (SSSR count). The Morgan fingerprint density at radius 2 is 1.80 bits per heavy atom. The molecule has 1 unspecified atom stereocenters. The number of hydrogen-bond donors (Lipinski definition) is 1. The molecule has 1 N–H and O–H groups in total. The van der Waals surface area contributed by atoms with Crippen LogP contribution in [-0.4, -0.2) is 60.5 Å². The molecule has 1 amide bonds. The maximum absolute atomic E-state index is 12.7. The van der Waals surface area contributed by atoms with Crippen molar-refractivity contribution in [3.8, 4) is 0 Å². The Labute approximate surface area is 123 Å². The number of rotatable bonds is 5. The normalized spacial score (nSPS) is 22.8. The standard InChI is InChI=1S/C16H31N3O/c1-13(2)12-19(15-6-4-5-7-15)14(3)16(20)18-10-8-17-9-11-18/h13-15,17H,4-12H2,1-3H3. The largest absolute Gasteiger partial charge is 0.339 e. The van der Waals surface area contributed by atoms with Crippen LogP contribution < -0.4 is 5.32 Å². The van der Waals surface area contributed by atoms with Gasteiger partial charge in [-0.15, -0.1) is 0 Å². The quantitative estimate of drug-likeness (QED) is 0.833. The van der Waals surface area contributed by atoms with Gasteiger partial charge in [0.1, 0.15) is 0 Å². The Bertz CT molecular complexity index is 307. The predicted molar refractivity (Wildman–Crippen MR) is 82.7 cm³/mol. The Kier molecular flexibility index (Phi) is 5.85. The fourth-order valence-electron chi connectivity index (χ4n) is 3.57. The van der Waals surface area contributed by atoms with E-state index >= 15 is 0 Å². The van der Waals surface area contributed by atoms with E-state index in [4.69, 9.17) is 0 Å². The van der Waals surface area contributed by atoms with Gasteiger partial charge >= 0.3 is 0 Å². The first-order valence-corrected chi connectivity index (χ1v) is 8.35. The van der Waals surface area contributed by atoms with Gasteiger partial charge in [-0.25, -0.2) is 0 Å². The van der Waals surface area contributed by atoms with Crippen LogP contribution in [0.1, 0.15) is 46.5 Å². The summed E-state index contributed by atoms with van der Waals surface area (Å²) in [6.07, 6.45) is 5.19. The summed E-state index contributed by atoms with van der Waals surface area (Å²) in [5, 5.41) is 3.32. The van der Waals surface area contributed by atoms with Crippen LogP contribution >= 0.6 is 0 Å². The van der Waals surface area contributed by atoms with Gasteiger partial charge in [0.15, 0.2) is 0 Å². The molecule has 0 spiro atoms. The maximum Gasteiger partial charge on any atom is 0.239 e. The summed E-state index contributed by atoms with van der Waals surface area (Å²) in [5.41, 5.74) is 0. The molecule has 0 aromatic carbocycles. The number of carbonyl (C=O) groups excluding carboxylic acids is 1. The lowest BCUT2D eigenvalue weighted by Gasteiger charge is -2.38. The highest BCUT2D eigenvalue weighted by atomic mass is 16.2. The summed E-state index contributed by atoms with van der Waals surface area (Å²) < 4.78 is 0. The summed E-state index contributed by atoms with van der Waals surface area (Å²) in [6, 6.07) is 0.665. The van der Waals surface area contributed by atoms with Crippen molar-refractivity contribution in [3.05, 3.63) is 0 Å². The van der Waals surface area contributed by atoms with Crippen molar-refractivity contribution in [1.82, 2.24) is 15.1 Å². The van der Waals surface area contributed by atoms with Crippen LogP contribution in [0, 0.1) is 5.92 Å². The molecule has 4 nitrogen and oxygen atoms in total. The molecule has 1 heterocycles. The number of nitrogens with one attached hydrogen (secondary N) is 1. The molecule has 0 aromatic rings. The first-order valence-electron chi connectivity index (χ1n) is 8.35. The van der Waals surface area contributed by atoms with Gasteiger partial charge in [-0.2, -0.15) is 0 Å². The number of piperazine rings is 1. The van der Waals surface area contributed by atoms with E-state index in [0.29, 0.717) is 17.9 Å². The van der Waals surface area contributed by atoms with Gasteiger partial charge < -0.3 is 10.2 Å². The molecule has 1 aliphatic carbocycles. The third-order valence-corrected chi connectivity index (χ3v) is 4.65. The zero-order valence-electron chi connectivity index (χ0n) is 13.4. The Morgan fingerprint density at radius 3 is 2.35 bits per heavy atom. The summed E-state index contributed by atoms with van der Waals surface area (Å²) in [5.74, 6) is 0.952. The average Bonchev–Trinajstić information content (AvgIpc) is 2.98. The average molecular weight is 281 g/mol. The van der Waals surface area contributed by atoms with Gasteiger partial charge in [-0.05, 0) is 25.7 Å². The minimum absolute atomic E-state index is 0.0404. The summed E-state index contributed by atoms with van der Waals surface area (Å²) >= 11 is 0. The van der Waals surface area contributed by atoms with Gasteiger partial charge in [0.25, 0.3) is 0 Å². The van der Waals surface area contributed by atoms with E-state index in [-0.39, 0.29) is 6.04 Å². The van der Waals surface area contributed by atoms with Gasteiger partial charge in [0.05, 0.1) is 6.04 Å². The third-order valence-electron chi connectivity index (χ3n) is 4.65. The van der Waals surface area contributed by atoms with Crippen LogP contribution in [0.2, 0.25) is 0 Å². The van der Waals surface area contributed by atoms with Crippen molar-refractivity contribution in [3.63, 3.8) is 0 Å². The molecule has 0 bridgehead atoms. The summed E-state index contributed by atoms with van der Waals surface area (Å²) in [7, 11) is 0. The Hall–Kier alpha value is -0.610. The lowest BCUT2D eigenvalue weighted by atomic mass is 10.1. The minimum Gasteiger partial charge on any atom is -0.339 e. The predicted octanol–water partition coefficient (Wildman–Crippen LogP) is 1.71. The highest BCUT2D eigenvalue weighted by Crippen LogP contribution is 2.26. The van der Waals surface area contributed by atoms with Crippen LogP contribution in [0.3, 0.4) is 0 Å². The molecule has 1 saturated carbocycles. The van der Waals surface area contributed by atoms with Crippen LogP contribution in [0.4, 0.5) is 0 Å². The van der Waals surface area contributed by atoms with E-state index in [9.17, 15) is 4.79 Å².